The fourth-order valence-corrected chi connectivity index (χ4v) is 3.80. The smallest absolute Gasteiger partial charge is 0.181 e. The molecule has 1 aliphatic rings. The van der Waals surface area contributed by atoms with Gasteiger partial charge in [-0.1, -0.05) is 6.08 Å². The van der Waals surface area contributed by atoms with Crippen LogP contribution in [0.15, 0.2) is 36.0 Å². The molecular weight excluding hydrogens is 288 g/mol. The van der Waals surface area contributed by atoms with E-state index in [0.29, 0.717) is 18.8 Å². The molecule has 0 bridgehead atoms. The van der Waals surface area contributed by atoms with E-state index in [4.69, 9.17) is 0 Å². The summed E-state index contributed by atoms with van der Waals surface area (Å²) in [7, 11) is -3.03. The number of sulfone groups is 1. The number of pyridine rings is 1. The monoisotopic (exact) mass is 304 g/mol. The molecule has 0 fully saturated rings. The van der Waals surface area contributed by atoms with Gasteiger partial charge in [-0.15, -0.1) is 0 Å². The number of nitrogens with zero attached hydrogens (tertiary/aromatic N) is 4. The van der Waals surface area contributed by atoms with Crippen molar-refractivity contribution in [1.82, 2.24) is 19.7 Å². The van der Waals surface area contributed by atoms with Gasteiger partial charge in [0.2, 0.25) is 0 Å². The Morgan fingerprint density at radius 1 is 1.33 bits per heavy atom. The van der Waals surface area contributed by atoms with Gasteiger partial charge in [-0.25, -0.2) is 18.1 Å². The van der Waals surface area contributed by atoms with E-state index in [9.17, 15) is 8.42 Å². The van der Waals surface area contributed by atoms with E-state index in [1.807, 2.05) is 23.7 Å². The summed E-state index contributed by atoms with van der Waals surface area (Å²) in [6, 6.07) is 3.72. The third-order valence-electron chi connectivity index (χ3n) is 3.44. The van der Waals surface area contributed by atoms with Crippen molar-refractivity contribution in [2.24, 2.45) is 5.92 Å². The van der Waals surface area contributed by atoms with Crippen LogP contribution in [0.2, 0.25) is 0 Å². The van der Waals surface area contributed by atoms with E-state index in [1.54, 1.807) is 18.5 Å². The lowest BCUT2D eigenvalue weighted by atomic mass is 10.1. The minimum absolute atomic E-state index is 0.0187. The van der Waals surface area contributed by atoms with Crippen LogP contribution in [0, 0.1) is 5.92 Å². The minimum Gasteiger partial charge on any atom is -0.265 e. The lowest BCUT2D eigenvalue weighted by Crippen LogP contribution is -2.12. The normalized spacial score (nSPS) is 20.0. The lowest BCUT2D eigenvalue weighted by molar-refractivity contribution is 0.571. The first kappa shape index (κ1) is 13.9. The van der Waals surface area contributed by atoms with Crippen LogP contribution in [-0.2, 0) is 22.8 Å². The molecule has 21 heavy (non-hydrogen) atoms. The van der Waals surface area contributed by atoms with Gasteiger partial charge in [0.25, 0.3) is 0 Å². The highest BCUT2D eigenvalue weighted by Gasteiger charge is 2.24. The molecular formula is C14H16N4O2S. The van der Waals surface area contributed by atoms with Crippen molar-refractivity contribution in [3.8, 4) is 11.4 Å². The molecule has 110 valence electrons. The topological polar surface area (TPSA) is 77.7 Å². The second kappa shape index (κ2) is 5.40. The summed E-state index contributed by atoms with van der Waals surface area (Å²) in [5.74, 6) is 1.61. The average molecular weight is 304 g/mol. The summed E-state index contributed by atoms with van der Waals surface area (Å²) < 4.78 is 24.8. The second-order valence-corrected chi connectivity index (χ2v) is 6.96. The highest BCUT2D eigenvalue weighted by Crippen LogP contribution is 2.21. The lowest BCUT2D eigenvalue weighted by Gasteiger charge is -2.06. The van der Waals surface area contributed by atoms with E-state index in [-0.39, 0.29) is 11.7 Å². The van der Waals surface area contributed by atoms with Crippen LogP contribution in [0.3, 0.4) is 0 Å². The zero-order valence-electron chi connectivity index (χ0n) is 11.7. The Morgan fingerprint density at radius 3 is 2.71 bits per heavy atom. The third kappa shape index (κ3) is 3.02. The molecule has 2 aromatic heterocycles. The summed E-state index contributed by atoms with van der Waals surface area (Å²) in [6.07, 6.45) is 5.74. The van der Waals surface area contributed by atoms with Crippen molar-refractivity contribution < 1.29 is 8.42 Å². The number of aromatic nitrogens is 4. The standard InChI is InChI=1S/C14H16N4O2S/c1-2-18-13(9-11-5-8-21(19,20)10-11)16-14(17-18)12-3-6-15-7-4-12/h3-8,11H,2,9-10H2,1H3/t11-/m1/s1. The number of hydrogen-bond acceptors (Lipinski definition) is 5. The quantitative estimate of drug-likeness (QED) is 0.854. The maximum absolute atomic E-state index is 11.5. The van der Waals surface area contributed by atoms with E-state index >= 15 is 0 Å². The van der Waals surface area contributed by atoms with Crippen LogP contribution in [0.1, 0.15) is 12.7 Å². The minimum atomic E-state index is -3.03. The molecule has 0 aromatic carbocycles. The van der Waals surface area contributed by atoms with Gasteiger partial charge in [0.15, 0.2) is 15.7 Å². The molecule has 0 unspecified atom stereocenters. The van der Waals surface area contributed by atoms with Crippen molar-refractivity contribution in [2.45, 2.75) is 19.9 Å². The van der Waals surface area contributed by atoms with Crippen molar-refractivity contribution >= 4 is 9.84 Å². The maximum atomic E-state index is 11.5. The Morgan fingerprint density at radius 2 is 2.10 bits per heavy atom. The number of aryl methyl sites for hydroxylation is 1. The number of hydrogen-bond donors (Lipinski definition) is 0. The van der Waals surface area contributed by atoms with Gasteiger partial charge in [-0.2, -0.15) is 5.10 Å². The second-order valence-electron chi connectivity index (χ2n) is 5.03. The number of rotatable bonds is 4. The molecule has 1 aliphatic heterocycles. The van der Waals surface area contributed by atoms with Crippen molar-refractivity contribution in [3.05, 3.63) is 41.8 Å². The van der Waals surface area contributed by atoms with Crippen LogP contribution in [0.4, 0.5) is 0 Å². The molecule has 1 atom stereocenters. The van der Waals surface area contributed by atoms with Gasteiger partial charge < -0.3 is 0 Å². The summed E-state index contributed by atoms with van der Waals surface area (Å²) >= 11 is 0. The van der Waals surface area contributed by atoms with Gasteiger partial charge in [0, 0.05) is 36.3 Å². The van der Waals surface area contributed by atoms with Gasteiger partial charge in [0.1, 0.15) is 5.82 Å². The van der Waals surface area contributed by atoms with Crippen LogP contribution in [0.25, 0.3) is 11.4 Å². The molecule has 0 radical (unpaired) electrons. The van der Waals surface area contributed by atoms with Gasteiger partial charge >= 0.3 is 0 Å². The van der Waals surface area contributed by atoms with Gasteiger partial charge in [0.05, 0.1) is 5.75 Å². The zero-order valence-corrected chi connectivity index (χ0v) is 12.5. The van der Waals surface area contributed by atoms with Crippen LogP contribution >= 0.6 is 0 Å². The fraction of sp³-hybridized carbons (Fsp3) is 0.357. The van der Waals surface area contributed by atoms with Gasteiger partial charge in [-0.3, -0.25) is 4.98 Å². The molecule has 6 nitrogen and oxygen atoms in total. The first-order valence-corrected chi connectivity index (χ1v) is 8.54. The molecule has 0 saturated carbocycles. The first-order valence-electron chi connectivity index (χ1n) is 6.82. The van der Waals surface area contributed by atoms with E-state index < -0.39 is 9.84 Å². The van der Waals surface area contributed by atoms with Crippen molar-refractivity contribution in [3.63, 3.8) is 0 Å². The highest BCUT2D eigenvalue weighted by molar-refractivity contribution is 7.94. The molecule has 0 aliphatic carbocycles. The Balaban J connectivity index is 1.86. The van der Waals surface area contributed by atoms with Crippen molar-refractivity contribution in [2.75, 3.05) is 5.75 Å². The highest BCUT2D eigenvalue weighted by atomic mass is 32.2. The summed E-state index contributed by atoms with van der Waals surface area (Å²) in [5, 5.41) is 5.78. The fourth-order valence-electron chi connectivity index (χ4n) is 2.40. The van der Waals surface area contributed by atoms with Crippen molar-refractivity contribution in [1.29, 1.82) is 0 Å². The molecule has 3 heterocycles. The first-order chi connectivity index (χ1) is 10.1. The SMILES string of the molecule is CCn1nc(-c2ccncc2)nc1C[C@H]1C=CS(=O)(=O)C1. The van der Waals surface area contributed by atoms with Crippen LogP contribution in [0.5, 0.6) is 0 Å². The predicted molar refractivity (Wildman–Crippen MR) is 79.0 cm³/mol. The molecule has 0 amide bonds. The van der Waals surface area contributed by atoms with Crippen LogP contribution < -0.4 is 0 Å². The zero-order chi connectivity index (χ0) is 14.9. The molecule has 2 aromatic rings. The Labute approximate surface area is 123 Å². The van der Waals surface area contributed by atoms with E-state index in [0.717, 1.165) is 11.4 Å². The van der Waals surface area contributed by atoms with E-state index in [2.05, 4.69) is 15.1 Å². The largest absolute Gasteiger partial charge is 0.265 e. The Bertz CT molecular complexity index is 766. The summed E-state index contributed by atoms with van der Waals surface area (Å²) in [5.41, 5.74) is 0.910. The Kier molecular flexibility index (Phi) is 3.59. The van der Waals surface area contributed by atoms with E-state index in [1.165, 1.54) is 5.41 Å². The third-order valence-corrected chi connectivity index (χ3v) is 4.90. The molecule has 7 heteroatoms. The summed E-state index contributed by atoms with van der Waals surface area (Å²) in [4.78, 5) is 8.54. The summed E-state index contributed by atoms with van der Waals surface area (Å²) in [6.45, 7) is 2.70. The molecule has 0 N–H and O–H groups in total. The predicted octanol–water partition coefficient (Wildman–Crippen LogP) is 1.46. The molecule has 0 saturated heterocycles. The molecule has 0 spiro atoms. The van der Waals surface area contributed by atoms with Crippen LogP contribution in [-0.4, -0.2) is 33.9 Å². The maximum Gasteiger partial charge on any atom is 0.181 e. The Hall–Kier alpha value is -2.02. The average Bonchev–Trinajstić information content (AvgIpc) is 3.03. The molecule has 3 rings (SSSR count). The van der Waals surface area contributed by atoms with Gasteiger partial charge in [-0.05, 0) is 25.0 Å². The number of allylic oxidation sites excluding steroid dienone is 1.